The highest BCUT2D eigenvalue weighted by atomic mass is 15.2. The third-order valence-electron chi connectivity index (χ3n) is 5.91. The maximum atomic E-state index is 6.06. The lowest BCUT2D eigenvalue weighted by Crippen LogP contribution is -2.40. The molecule has 0 unspecified atom stereocenters. The zero-order valence-electron chi connectivity index (χ0n) is 13.5. The molecule has 1 saturated heterocycles. The van der Waals surface area contributed by atoms with Gasteiger partial charge in [0.1, 0.15) is 5.82 Å². The molecule has 2 saturated carbocycles. The average Bonchev–Trinajstić information content (AvgIpc) is 3.01. The van der Waals surface area contributed by atoms with E-state index in [1.165, 1.54) is 56.3 Å². The summed E-state index contributed by atoms with van der Waals surface area (Å²) in [5.74, 6) is 2.41. The molecule has 0 atom stereocenters. The second-order valence-electron chi connectivity index (χ2n) is 7.43. The van der Waals surface area contributed by atoms with Gasteiger partial charge in [0, 0.05) is 31.0 Å². The van der Waals surface area contributed by atoms with Gasteiger partial charge < -0.3 is 10.6 Å². The fourth-order valence-corrected chi connectivity index (χ4v) is 4.15. The Kier molecular flexibility index (Phi) is 4.03. The normalized spacial score (nSPS) is 24.7. The second-order valence-corrected chi connectivity index (χ2v) is 7.43. The van der Waals surface area contributed by atoms with Crippen LogP contribution < -0.4 is 10.6 Å². The van der Waals surface area contributed by atoms with Gasteiger partial charge in [-0.25, -0.2) is 9.97 Å². The van der Waals surface area contributed by atoms with Crippen molar-refractivity contribution in [3.05, 3.63) is 17.7 Å². The molecule has 0 aromatic carbocycles. The van der Waals surface area contributed by atoms with Crippen molar-refractivity contribution in [2.45, 2.75) is 75.7 Å². The van der Waals surface area contributed by atoms with Gasteiger partial charge in [-0.1, -0.05) is 19.3 Å². The number of anilines is 1. The summed E-state index contributed by atoms with van der Waals surface area (Å²) in [5, 5.41) is 0. The molecule has 2 aliphatic carbocycles. The van der Waals surface area contributed by atoms with Crippen LogP contribution in [0.5, 0.6) is 0 Å². The van der Waals surface area contributed by atoms with E-state index in [9.17, 15) is 0 Å². The van der Waals surface area contributed by atoms with Crippen molar-refractivity contribution in [3.8, 4) is 0 Å². The van der Waals surface area contributed by atoms with Crippen LogP contribution in [0.3, 0.4) is 0 Å². The van der Waals surface area contributed by atoms with Crippen molar-refractivity contribution in [2.24, 2.45) is 5.73 Å². The van der Waals surface area contributed by atoms with Crippen LogP contribution in [-0.4, -0.2) is 29.1 Å². The highest BCUT2D eigenvalue weighted by Crippen LogP contribution is 2.41. The van der Waals surface area contributed by atoms with Crippen LogP contribution in [-0.2, 0) is 0 Å². The molecular weight excluding hydrogens is 272 g/mol. The minimum atomic E-state index is 0.377. The number of aromatic nitrogens is 2. The first kappa shape index (κ1) is 14.4. The van der Waals surface area contributed by atoms with Gasteiger partial charge in [0.05, 0.1) is 17.6 Å². The van der Waals surface area contributed by atoms with Crippen molar-refractivity contribution in [1.29, 1.82) is 0 Å². The van der Waals surface area contributed by atoms with E-state index in [1.54, 1.807) is 0 Å². The number of nitrogens with zero attached hydrogens (tertiary/aromatic N) is 3. The van der Waals surface area contributed by atoms with Gasteiger partial charge >= 0.3 is 0 Å². The second kappa shape index (κ2) is 6.15. The maximum Gasteiger partial charge on any atom is 0.131 e. The van der Waals surface area contributed by atoms with Crippen LogP contribution in [0.2, 0.25) is 0 Å². The zero-order chi connectivity index (χ0) is 14.9. The summed E-state index contributed by atoms with van der Waals surface area (Å²) in [4.78, 5) is 12.3. The number of hydrogen-bond acceptors (Lipinski definition) is 4. The lowest BCUT2D eigenvalue weighted by atomic mass is 9.82. The molecule has 0 amide bonds. The quantitative estimate of drug-likeness (QED) is 0.930. The average molecular weight is 300 g/mol. The van der Waals surface area contributed by atoms with Gasteiger partial charge in [0.2, 0.25) is 0 Å². The smallest absolute Gasteiger partial charge is 0.131 e. The predicted octanol–water partition coefficient (Wildman–Crippen LogP) is 3.33. The Morgan fingerprint density at radius 2 is 1.59 bits per heavy atom. The molecule has 4 nitrogen and oxygen atoms in total. The van der Waals surface area contributed by atoms with E-state index in [2.05, 4.69) is 11.1 Å². The van der Waals surface area contributed by atoms with Crippen LogP contribution in [0.1, 0.15) is 81.1 Å². The molecule has 2 heterocycles. The van der Waals surface area contributed by atoms with Gasteiger partial charge in [-0.05, 0) is 38.5 Å². The maximum absolute atomic E-state index is 6.06. The Hall–Kier alpha value is -1.16. The van der Waals surface area contributed by atoms with E-state index in [4.69, 9.17) is 15.7 Å². The Labute approximate surface area is 133 Å². The predicted molar refractivity (Wildman–Crippen MR) is 89.3 cm³/mol. The zero-order valence-corrected chi connectivity index (χ0v) is 13.5. The first-order valence-corrected chi connectivity index (χ1v) is 9.18. The molecule has 2 N–H and O–H groups in total. The standard InChI is InChI=1S/C18H28N4/c19-15-8-10-22(11-9-15)16-12-20-18(14-4-1-2-5-14)21-17(16)13-6-3-7-13/h12-15H,1-11,19H2. The summed E-state index contributed by atoms with van der Waals surface area (Å²) in [6, 6.07) is 0.377. The molecular formula is C18H28N4. The lowest BCUT2D eigenvalue weighted by molar-refractivity contribution is 0.406. The summed E-state index contributed by atoms with van der Waals surface area (Å²) < 4.78 is 0. The number of piperidine rings is 1. The molecule has 0 spiro atoms. The van der Waals surface area contributed by atoms with E-state index in [0.29, 0.717) is 17.9 Å². The summed E-state index contributed by atoms with van der Waals surface area (Å²) >= 11 is 0. The van der Waals surface area contributed by atoms with Crippen molar-refractivity contribution in [2.75, 3.05) is 18.0 Å². The van der Waals surface area contributed by atoms with E-state index >= 15 is 0 Å². The van der Waals surface area contributed by atoms with E-state index in [1.807, 2.05) is 0 Å². The molecule has 4 heteroatoms. The first-order valence-electron chi connectivity index (χ1n) is 9.18. The number of hydrogen-bond donors (Lipinski definition) is 1. The SMILES string of the molecule is NC1CCN(c2cnc(C3CCCC3)nc2C2CCC2)CC1. The lowest BCUT2D eigenvalue weighted by Gasteiger charge is -2.36. The van der Waals surface area contributed by atoms with Crippen molar-refractivity contribution < 1.29 is 0 Å². The Bertz CT molecular complexity index is 512. The van der Waals surface area contributed by atoms with Crippen LogP contribution in [0.15, 0.2) is 6.20 Å². The Morgan fingerprint density at radius 3 is 2.23 bits per heavy atom. The monoisotopic (exact) mass is 300 g/mol. The molecule has 0 radical (unpaired) electrons. The summed E-state index contributed by atoms with van der Waals surface area (Å²) in [6.45, 7) is 2.13. The van der Waals surface area contributed by atoms with Gasteiger partial charge in [-0.15, -0.1) is 0 Å². The highest BCUT2D eigenvalue weighted by Gasteiger charge is 2.29. The minimum Gasteiger partial charge on any atom is -0.369 e. The molecule has 1 aromatic heterocycles. The van der Waals surface area contributed by atoms with Crippen LogP contribution >= 0.6 is 0 Å². The molecule has 1 aromatic rings. The third kappa shape index (κ3) is 2.73. The van der Waals surface area contributed by atoms with E-state index < -0.39 is 0 Å². The summed E-state index contributed by atoms with van der Waals surface area (Å²) in [6.07, 6.45) is 13.5. The van der Waals surface area contributed by atoms with Crippen molar-refractivity contribution >= 4 is 5.69 Å². The van der Waals surface area contributed by atoms with Crippen LogP contribution in [0.4, 0.5) is 5.69 Å². The van der Waals surface area contributed by atoms with Crippen LogP contribution in [0.25, 0.3) is 0 Å². The Morgan fingerprint density at radius 1 is 0.909 bits per heavy atom. The van der Waals surface area contributed by atoms with Crippen molar-refractivity contribution in [1.82, 2.24) is 9.97 Å². The van der Waals surface area contributed by atoms with Crippen LogP contribution in [0, 0.1) is 0 Å². The summed E-state index contributed by atoms with van der Waals surface area (Å²) in [5.41, 5.74) is 8.71. The number of rotatable bonds is 3. The van der Waals surface area contributed by atoms with Gasteiger partial charge in [0.25, 0.3) is 0 Å². The van der Waals surface area contributed by atoms with E-state index in [0.717, 1.165) is 31.8 Å². The van der Waals surface area contributed by atoms with E-state index in [-0.39, 0.29) is 0 Å². The van der Waals surface area contributed by atoms with Gasteiger partial charge in [-0.2, -0.15) is 0 Å². The highest BCUT2D eigenvalue weighted by molar-refractivity contribution is 5.51. The largest absolute Gasteiger partial charge is 0.369 e. The molecule has 22 heavy (non-hydrogen) atoms. The van der Waals surface area contributed by atoms with Crippen molar-refractivity contribution in [3.63, 3.8) is 0 Å². The molecule has 1 aliphatic heterocycles. The number of nitrogens with two attached hydrogens (primary N) is 1. The van der Waals surface area contributed by atoms with Gasteiger partial charge in [0.15, 0.2) is 0 Å². The topological polar surface area (TPSA) is 55.0 Å². The molecule has 4 rings (SSSR count). The molecule has 3 fully saturated rings. The van der Waals surface area contributed by atoms with Gasteiger partial charge in [-0.3, -0.25) is 0 Å². The third-order valence-corrected chi connectivity index (χ3v) is 5.91. The molecule has 0 bridgehead atoms. The first-order chi connectivity index (χ1) is 10.8. The molecule has 3 aliphatic rings. The fourth-order valence-electron chi connectivity index (χ4n) is 4.15. The fraction of sp³-hybridized carbons (Fsp3) is 0.778. The Balaban J connectivity index is 1.61. The minimum absolute atomic E-state index is 0.377. The molecule has 120 valence electrons. The summed E-state index contributed by atoms with van der Waals surface area (Å²) in [7, 11) is 0.